The Morgan fingerprint density at radius 2 is 0.534 bits per heavy atom. The molecule has 0 aliphatic carbocycles. The second-order valence-electron chi connectivity index (χ2n) is 18.8. The molecule has 0 aromatic heterocycles. The number of thiol groups is 1. The Hall–Kier alpha value is -0.330. The first-order valence-electron chi connectivity index (χ1n) is 29.6. The third kappa shape index (κ3) is 27.9. The molecule has 0 rings (SSSR count). The van der Waals surface area contributed by atoms with Crippen LogP contribution in [0.2, 0.25) is 0 Å². The first-order valence-corrected chi connectivity index (χ1v) is 34.3. The van der Waals surface area contributed by atoms with Crippen LogP contribution >= 0.6 is 17.9 Å². The van der Waals surface area contributed by atoms with Crippen molar-refractivity contribution in [3.8, 4) is 0 Å². The third-order valence-electron chi connectivity index (χ3n) is 12.6. The first kappa shape index (κ1) is 72.7. The standard InChI is InChI=1S/C56H113O14PS2/c1-11-21-23-25-27-29-31-33-35-37-39-41-43-45-47-49-51(57)69-53(61-13-3,62-14-4)55(65-17-7,66-18-8)73(71(59,60)72)56(67-19-9,68-20-10)54(63-15-5,64-16-6)70-52(58)50-48-46-44-42-40-38-36-34-32-30-28-26-24-22-12-2/h59-60,72H,11-50H2,1-10H3. The first-order chi connectivity index (χ1) is 35.3. The van der Waals surface area contributed by atoms with Gasteiger partial charge in [0.2, 0.25) is 5.69 Å². The molecule has 0 atom stereocenters. The van der Waals surface area contributed by atoms with Crippen LogP contribution in [0.1, 0.15) is 275 Å². The zero-order chi connectivity index (χ0) is 54.6. The number of esters is 2. The number of hydrogen-bond acceptors (Lipinski definition) is 12. The molecule has 0 aliphatic heterocycles. The summed E-state index contributed by atoms with van der Waals surface area (Å²) in [6, 6.07) is 0. The quantitative estimate of drug-likeness (QED) is 0.0173. The smallest absolute Gasteiger partial charge is 0.398 e. The summed E-state index contributed by atoms with van der Waals surface area (Å²) in [4.78, 5) is 53.1. The summed E-state index contributed by atoms with van der Waals surface area (Å²) in [7, 11) is -2.60. The lowest BCUT2D eigenvalue weighted by atomic mass is 10.0. The molecule has 0 saturated heterocycles. The van der Waals surface area contributed by atoms with E-state index >= 15 is 0 Å². The number of ether oxygens (including phenoxy) is 10. The van der Waals surface area contributed by atoms with Gasteiger partial charge in [0.1, 0.15) is 0 Å². The fraction of sp³-hybridized carbons (Fsp3) is 0.964. The summed E-state index contributed by atoms with van der Waals surface area (Å²) in [6.45, 7) is 16.7. The van der Waals surface area contributed by atoms with Crippen LogP contribution in [-0.2, 0) is 67.0 Å². The maximum Gasteiger partial charge on any atom is 0.398 e. The Labute approximate surface area is 454 Å². The average Bonchev–Trinajstić information content (AvgIpc) is 3.34. The van der Waals surface area contributed by atoms with Gasteiger partial charge in [-0.25, -0.2) is 0 Å². The molecule has 0 saturated carbocycles. The molecule has 0 heterocycles. The minimum absolute atomic E-state index is 0.00247. The predicted octanol–water partition coefficient (Wildman–Crippen LogP) is 15.7. The van der Waals surface area contributed by atoms with E-state index in [4.69, 9.17) is 47.4 Å². The molecule has 0 aromatic rings. The van der Waals surface area contributed by atoms with Gasteiger partial charge in [-0.05, 0) is 68.2 Å². The minimum Gasteiger partial charge on any atom is -0.403 e. The Morgan fingerprint density at radius 1 is 0.342 bits per heavy atom. The van der Waals surface area contributed by atoms with Gasteiger partial charge in [0.05, 0.1) is 26.4 Å². The normalized spacial score (nSPS) is 12.8. The second-order valence-corrected chi connectivity index (χ2v) is 26.6. The Balaban J connectivity index is 6.67. The van der Waals surface area contributed by atoms with Gasteiger partial charge in [-0.2, -0.15) is 0 Å². The second kappa shape index (κ2) is 45.5. The lowest BCUT2D eigenvalue weighted by Crippen LogP contribution is -2.74. The summed E-state index contributed by atoms with van der Waals surface area (Å²) >= 11 is 4.51. The molecular weight excluding hydrogens is 992 g/mol. The van der Waals surface area contributed by atoms with Crippen LogP contribution in [0, 0.1) is 0 Å². The molecule has 0 unspecified atom stereocenters. The number of carbonyl (C=O) groups excluding carboxylic acids is 2. The Kier molecular flexibility index (Phi) is 45.3. The van der Waals surface area contributed by atoms with Gasteiger partial charge in [0.25, 0.3) is 0 Å². The summed E-state index contributed by atoms with van der Waals surface area (Å²) in [5.74, 6) is -6.67. The van der Waals surface area contributed by atoms with Crippen LogP contribution in [0.5, 0.6) is 0 Å². The van der Waals surface area contributed by atoms with E-state index in [1.54, 1.807) is 55.4 Å². The van der Waals surface area contributed by atoms with Gasteiger partial charge in [-0.1, -0.05) is 206 Å². The van der Waals surface area contributed by atoms with Crippen molar-refractivity contribution in [3.05, 3.63) is 0 Å². The van der Waals surface area contributed by atoms with Crippen molar-refractivity contribution in [1.82, 2.24) is 0 Å². The lowest BCUT2D eigenvalue weighted by Gasteiger charge is -2.54. The van der Waals surface area contributed by atoms with Gasteiger partial charge >= 0.3 is 34.1 Å². The van der Waals surface area contributed by atoms with Crippen LogP contribution in [0.3, 0.4) is 0 Å². The number of hydrogen-bond donors (Lipinski definition) is 3. The molecule has 0 amide bonds. The van der Waals surface area contributed by atoms with Crippen LogP contribution in [-0.4, -0.2) is 96.8 Å². The van der Waals surface area contributed by atoms with Crippen LogP contribution in [0.4, 0.5) is 0 Å². The van der Waals surface area contributed by atoms with Crippen molar-refractivity contribution in [2.75, 3.05) is 52.9 Å². The van der Waals surface area contributed by atoms with Gasteiger partial charge in [-0.15, -0.1) is 0 Å². The molecule has 17 heteroatoms. The molecule has 0 aliphatic rings. The van der Waals surface area contributed by atoms with Crippen molar-refractivity contribution in [1.29, 1.82) is 0 Å². The fourth-order valence-corrected chi connectivity index (χ4v) is 17.2. The highest BCUT2D eigenvalue weighted by Crippen LogP contribution is 2.61. The minimum atomic E-state index is -4.85. The van der Waals surface area contributed by atoms with Gasteiger partial charge < -0.3 is 57.2 Å². The van der Waals surface area contributed by atoms with E-state index in [1.807, 2.05) is 0 Å². The Morgan fingerprint density at radius 3 is 0.712 bits per heavy atom. The van der Waals surface area contributed by atoms with E-state index in [2.05, 4.69) is 26.1 Å². The van der Waals surface area contributed by atoms with Crippen LogP contribution < -0.4 is 0 Å². The summed E-state index contributed by atoms with van der Waals surface area (Å²) in [6.07, 6.45) is 35.3. The summed E-state index contributed by atoms with van der Waals surface area (Å²) in [5.41, 5.74) is -4.85. The van der Waals surface area contributed by atoms with Gasteiger partial charge in [0, 0.05) is 49.3 Å². The maximum absolute atomic E-state index is 14.2. The molecule has 0 aromatic carbocycles. The van der Waals surface area contributed by atoms with Crippen molar-refractivity contribution < 1.29 is 66.7 Å². The third-order valence-corrected chi connectivity index (χ3v) is 19.5. The van der Waals surface area contributed by atoms with E-state index in [1.165, 1.54) is 128 Å². The SMILES string of the molecule is CCCCCCCCCCCCCCCCCC(=O)OC(OCC)(OCC)C(OCC)(OCC)S(C(OCC)(OCC)C(OCC)(OCC)OC(=O)CCCCCCCCCCCCCCCCC)=P(O)(O)S. The van der Waals surface area contributed by atoms with Crippen molar-refractivity contribution in [3.63, 3.8) is 0 Å². The molecule has 73 heavy (non-hydrogen) atoms. The molecular formula is C56H113O14PS2. The maximum atomic E-state index is 14.2. The van der Waals surface area contributed by atoms with E-state index in [0.29, 0.717) is 12.8 Å². The molecule has 0 spiro atoms. The molecule has 0 bridgehead atoms. The topological polar surface area (TPSA) is 167 Å². The largest absolute Gasteiger partial charge is 0.403 e. The van der Waals surface area contributed by atoms with E-state index < -0.39 is 49.9 Å². The Bertz CT molecular complexity index is 1260. The lowest BCUT2D eigenvalue weighted by molar-refractivity contribution is -0.468. The fourth-order valence-electron chi connectivity index (χ4n) is 9.28. The van der Waals surface area contributed by atoms with Gasteiger partial charge in [-0.3, -0.25) is 9.59 Å². The molecule has 438 valence electrons. The van der Waals surface area contributed by atoms with Crippen LogP contribution in [0.25, 0.3) is 0 Å². The highest BCUT2D eigenvalue weighted by atomic mass is 32.9. The van der Waals surface area contributed by atoms with Crippen molar-refractivity contribution in [2.24, 2.45) is 0 Å². The number of rotatable bonds is 54. The molecule has 0 fully saturated rings. The van der Waals surface area contributed by atoms with Crippen molar-refractivity contribution >= 4 is 40.0 Å². The summed E-state index contributed by atoms with van der Waals surface area (Å²) in [5, 5.41) is -5.28. The van der Waals surface area contributed by atoms with E-state index in [-0.39, 0.29) is 65.7 Å². The highest BCUT2D eigenvalue weighted by molar-refractivity contribution is 8.66. The van der Waals surface area contributed by atoms with Crippen molar-refractivity contribution in [2.45, 2.75) is 297 Å². The highest BCUT2D eigenvalue weighted by Gasteiger charge is 2.76. The van der Waals surface area contributed by atoms with Gasteiger partial charge in [0.15, 0.2) is 0 Å². The van der Waals surface area contributed by atoms with E-state index in [0.717, 1.165) is 51.4 Å². The zero-order valence-corrected chi connectivity index (χ0v) is 51.0. The predicted molar refractivity (Wildman–Crippen MR) is 303 cm³/mol. The van der Waals surface area contributed by atoms with Crippen LogP contribution in [0.15, 0.2) is 0 Å². The molecule has 2 N–H and O–H groups in total. The molecule has 14 nitrogen and oxygen atoms in total. The van der Waals surface area contributed by atoms with E-state index in [9.17, 15) is 19.4 Å². The zero-order valence-electron chi connectivity index (χ0n) is 48.4. The summed E-state index contributed by atoms with van der Waals surface area (Å²) < 4.78 is 64.5. The average molecular weight is 1110 g/mol. The number of carbonyl (C=O) groups is 2. The molecule has 0 radical (unpaired) electrons. The number of unbranched alkanes of at least 4 members (excludes halogenated alkanes) is 28. The monoisotopic (exact) mass is 1100 g/mol.